The number of nitrogens with one attached hydrogen (secondary N) is 1. The predicted octanol–water partition coefficient (Wildman–Crippen LogP) is 13.5. The zero-order chi connectivity index (χ0) is 30.2. The van der Waals surface area contributed by atoms with Gasteiger partial charge in [0.15, 0.2) is 0 Å². The third-order valence-electron chi connectivity index (χ3n) is 8.72. The smallest absolute Gasteiger partial charge is 0.00489 e. The lowest BCUT2D eigenvalue weighted by Gasteiger charge is -2.06. The largest absolute Gasteiger partial charge is 0.330 e. The van der Waals surface area contributed by atoms with Crippen molar-refractivity contribution in [3.8, 4) is 0 Å². The summed E-state index contributed by atoms with van der Waals surface area (Å²) < 4.78 is 0. The summed E-state index contributed by atoms with van der Waals surface area (Å²) in [5.74, 6) is 0. The summed E-state index contributed by atoms with van der Waals surface area (Å²) >= 11 is 0. The van der Waals surface area contributed by atoms with Crippen LogP contribution in [0.3, 0.4) is 0 Å². The summed E-state index contributed by atoms with van der Waals surface area (Å²) in [6, 6.07) is 0. The maximum atomic E-state index is 5.44. The molecule has 0 aromatic heterocycles. The molecule has 0 saturated carbocycles. The molecule has 0 rings (SSSR count). The lowest BCUT2D eigenvalue weighted by molar-refractivity contribution is 0.523. The summed E-state index contributed by atoms with van der Waals surface area (Å²) in [6.45, 7) is 10.2. The van der Waals surface area contributed by atoms with Crippen molar-refractivity contribution in [3.63, 3.8) is 0 Å². The standard InChI is InChI=1S/C26H55N.C13H29N/c1-3-5-7-9-11-13-15-17-19-21-23-25-27-26-24-22-20-18-16-14-12-10-8-6-4-2;1-2-3-4-5-6-7-8-9-10-11-12-13-14/h27H,3-26H2,1-2H3;2-14H2,1H3. The molecule has 0 aromatic carbocycles. The molecule has 41 heavy (non-hydrogen) atoms. The van der Waals surface area contributed by atoms with Gasteiger partial charge in [0, 0.05) is 0 Å². The summed E-state index contributed by atoms with van der Waals surface area (Å²) in [7, 11) is 0. The zero-order valence-corrected chi connectivity index (χ0v) is 29.5. The van der Waals surface area contributed by atoms with E-state index >= 15 is 0 Å². The SMILES string of the molecule is CCCCCCCCCCCCCN.CCCCCCCCCCCCCNCCCCCCCCCCCCC. The van der Waals surface area contributed by atoms with E-state index in [-0.39, 0.29) is 0 Å². The van der Waals surface area contributed by atoms with Gasteiger partial charge in [0.05, 0.1) is 0 Å². The van der Waals surface area contributed by atoms with Gasteiger partial charge in [-0.2, -0.15) is 0 Å². The Morgan fingerprint density at radius 3 is 0.683 bits per heavy atom. The molecule has 0 radical (unpaired) electrons. The molecule has 0 bridgehead atoms. The molecule has 0 fully saturated rings. The molecule has 3 N–H and O–H groups in total. The quantitative estimate of drug-likeness (QED) is 0.0731. The lowest BCUT2D eigenvalue weighted by Crippen LogP contribution is -2.16. The fourth-order valence-corrected chi connectivity index (χ4v) is 5.76. The normalized spacial score (nSPS) is 11.1. The maximum absolute atomic E-state index is 5.44. The Balaban J connectivity index is 0. The van der Waals surface area contributed by atoms with E-state index in [4.69, 9.17) is 5.73 Å². The van der Waals surface area contributed by atoms with Crippen molar-refractivity contribution >= 4 is 0 Å². The van der Waals surface area contributed by atoms with E-state index in [9.17, 15) is 0 Å². The van der Waals surface area contributed by atoms with Crippen molar-refractivity contribution in [3.05, 3.63) is 0 Å². The predicted molar refractivity (Wildman–Crippen MR) is 191 cm³/mol. The highest BCUT2D eigenvalue weighted by Crippen LogP contribution is 2.13. The molecule has 0 spiro atoms. The highest BCUT2D eigenvalue weighted by atomic mass is 14.8. The fraction of sp³-hybridized carbons (Fsp3) is 1.00. The first-order valence-corrected chi connectivity index (χ1v) is 19.7. The van der Waals surface area contributed by atoms with Crippen molar-refractivity contribution in [1.29, 1.82) is 0 Å². The highest BCUT2D eigenvalue weighted by Gasteiger charge is 1.95. The van der Waals surface area contributed by atoms with E-state index in [0.29, 0.717) is 0 Å². The van der Waals surface area contributed by atoms with Crippen molar-refractivity contribution in [2.75, 3.05) is 19.6 Å². The minimum Gasteiger partial charge on any atom is -0.330 e. The number of hydrogen-bond donors (Lipinski definition) is 2. The number of nitrogens with two attached hydrogens (primary N) is 1. The topological polar surface area (TPSA) is 38.0 Å². The summed E-state index contributed by atoms with van der Waals surface area (Å²) in [4.78, 5) is 0. The minimum absolute atomic E-state index is 0.872. The molecule has 0 heterocycles. The van der Waals surface area contributed by atoms with Gasteiger partial charge in [0.25, 0.3) is 0 Å². The monoisotopic (exact) mass is 581 g/mol. The van der Waals surface area contributed by atoms with E-state index in [1.165, 1.54) is 225 Å². The summed E-state index contributed by atoms with van der Waals surface area (Å²) in [6.07, 6.45) is 47.2. The van der Waals surface area contributed by atoms with Crippen LogP contribution in [0.5, 0.6) is 0 Å². The molecule has 0 atom stereocenters. The van der Waals surface area contributed by atoms with Gasteiger partial charge in [-0.05, 0) is 38.9 Å². The van der Waals surface area contributed by atoms with Gasteiger partial charge >= 0.3 is 0 Å². The van der Waals surface area contributed by atoms with Gasteiger partial charge in [-0.15, -0.1) is 0 Å². The van der Waals surface area contributed by atoms with Crippen LogP contribution in [0.15, 0.2) is 0 Å². The molecule has 250 valence electrons. The van der Waals surface area contributed by atoms with Gasteiger partial charge in [-0.25, -0.2) is 0 Å². The number of hydrogen-bond acceptors (Lipinski definition) is 2. The average Bonchev–Trinajstić information content (AvgIpc) is 2.99. The Morgan fingerprint density at radius 2 is 0.463 bits per heavy atom. The van der Waals surface area contributed by atoms with Crippen LogP contribution in [0.4, 0.5) is 0 Å². The number of rotatable bonds is 35. The van der Waals surface area contributed by atoms with Crippen molar-refractivity contribution in [2.45, 2.75) is 233 Å². The molecule has 2 heteroatoms. The molecule has 0 unspecified atom stereocenters. The summed E-state index contributed by atoms with van der Waals surface area (Å²) in [5.41, 5.74) is 5.44. The van der Waals surface area contributed by atoms with Crippen LogP contribution in [-0.2, 0) is 0 Å². The molecule has 0 aliphatic carbocycles. The maximum Gasteiger partial charge on any atom is -0.00489 e. The third-order valence-corrected chi connectivity index (χ3v) is 8.72. The Kier molecular flexibility index (Phi) is 46.6. The van der Waals surface area contributed by atoms with Crippen LogP contribution in [0.1, 0.15) is 233 Å². The Hall–Kier alpha value is -0.0800. The molecule has 0 saturated heterocycles. The van der Waals surface area contributed by atoms with Crippen LogP contribution in [-0.4, -0.2) is 19.6 Å². The second kappa shape index (κ2) is 44.4. The first kappa shape index (κ1) is 43.0. The Bertz CT molecular complexity index is 361. The first-order valence-electron chi connectivity index (χ1n) is 19.7. The van der Waals surface area contributed by atoms with Gasteiger partial charge in [-0.1, -0.05) is 213 Å². The third kappa shape index (κ3) is 47.1. The van der Waals surface area contributed by atoms with Crippen molar-refractivity contribution in [1.82, 2.24) is 5.32 Å². The fourth-order valence-electron chi connectivity index (χ4n) is 5.76. The van der Waals surface area contributed by atoms with E-state index in [1.54, 1.807) is 0 Å². The van der Waals surface area contributed by atoms with Gasteiger partial charge < -0.3 is 11.1 Å². The van der Waals surface area contributed by atoms with Crippen molar-refractivity contribution in [2.24, 2.45) is 5.73 Å². The van der Waals surface area contributed by atoms with Gasteiger partial charge in [0.1, 0.15) is 0 Å². The minimum atomic E-state index is 0.872. The molecule has 0 amide bonds. The first-order chi connectivity index (χ1) is 20.3. The molecular formula is C39H84N2. The molecule has 0 aliphatic rings. The van der Waals surface area contributed by atoms with E-state index in [1.807, 2.05) is 0 Å². The van der Waals surface area contributed by atoms with Crippen LogP contribution in [0, 0.1) is 0 Å². The highest BCUT2D eigenvalue weighted by molar-refractivity contribution is 4.53. The van der Waals surface area contributed by atoms with Crippen LogP contribution in [0.2, 0.25) is 0 Å². The molecule has 2 nitrogen and oxygen atoms in total. The second-order valence-corrected chi connectivity index (χ2v) is 13.1. The van der Waals surface area contributed by atoms with Gasteiger partial charge in [-0.3, -0.25) is 0 Å². The molecule has 0 aliphatic heterocycles. The number of unbranched alkanes of at least 4 members (excludes halogenated alkanes) is 30. The van der Waals surface area contributed by atoms with Gasteiger partial charge in [0.2, 0.25) is 0 Å². The van der Waals surface area contributed by atoms with E-state index in [0.717, 1.165) is 6.54 Å². The molecule has 0 aromatic rings. The zero-order valence-electron chi connectivity index (χ0n) is 29.5. The lowest BCUT2D eigenvalue weighted by atomic mass is 10.1. The van der Waals surface area contributed by atoms with E-state index in [2.05, 4.69) is 26.1 Å². The second-order valence-electron chi connectivity index (χ2n) is 13.1. The van der Waals surface area contributed by atoms with E-state index < -0.39 is 0 Å². The van der Waals surface area contributed by atoms with Crippen LogP contribution in [0.25, 0.3) is 0 Å². The van der Waals surface area contributed by atoms with Crippen LogP contribution >= 0.6 is 0 Å². The average molecular weight is 581 g/mol. The molecular weight excluding hydrogens is 496 g/mol. The Labute approximate surface area is 263 Å². The summed E-state index contributed by atoms with van der Waals surface area (Å²) in [5, 5.41) is 3.65. The van der Waals surface area contributed by atoms with Crippen LogP contribution < -0.4 is 11.1 Å². The Morgan fingerprint density at radius 1 is 0.268 bits per heavy atom. The van der Waals surface area contributed by atoms with Crippen molar-refractivity contribution < 1.29 is 0 Å².